The highest BCUT2D eigenvalue weighted by Crippen LogP contribution is 2.38. The normalized spacial score (nSPS) is 19.8. The van der Waals surface area contributed by atoms with Crippen molar-refractivity contribution in [2.75, 3.05) is 31.1 Å². The number of hydrogen-bond acceptors (Lipinski definition) is 3. The average molecular weight is 353 g/mol. The SMILES string of the molecule is Cc1cccc(N2CCN(C(=O)[C@H]3Cc4ccc(C)cc4S3)CC2)c1. The van der Waals surface area contributed by atoms with Gasteiger partial charge in [0, 0.05) is 36.8 Å². The van der Waals surface area contributed by atoms with Gasteiger partial charge in [-0.15, -0.1) is 11.8 Å². The minimum atomic E-state index is 0.0577. The maximum Gasteiger partial charge on any atom is 0.236 e. The van der Waals surface area contributed by atoms with Gasteiger partial charge in [0.2, 0.25) is 5.91 Å². The predicted molar refractivity (Wildman–Crippen MR) is 105 cm³/mol. The standard InChI is InChI=1S/C21H24N2OS/c1-15-4-3-5-18(12-15)22-8-10-23(11-9-22)21(24)20-14-17-7-6-16(2)13-19(17)25-20/h3-7,12-13,20H,8-11,14H2,1-2H3/t20-/m1/s1. The quantitative estimate of drug-likeness (QED) is 0.824. The maximum atomic E-state index is 12.9. The third kappa shape index (κ3) is 3.40. The van der Waals surface area contributed by atoms with Crippen molar-refractivity contribution in [3.05, 3.63) is 59.2 Å². The van der Waals surface area contributed by atoms with Crippen molar-refractivity contribution in [3.63, 3.8) is 0 Å². The lowest BCUT2D eigenvalue weighted by Gasteiger charge is -2.37. The van der Waals surface area contributed by atoms with Crippen molar-refractivity contribution < 1.29 is 4.79 Å². The summed E-state index contributed by atoms with van der Waals surface area (Å²) in [5.41, 5.74) is 5.15. The second-order valence-electron chi connectivity index (χ2n) is 7.07. The molecule has 4 heteroatoms. The molecule has 3 nitrogen and oxygen atoms in total. The molecule has 0 aliphatic carbocycles. The minimum absolute atomic E-state index is 0.0577. The third-order valence-electron chi connectivity index (χ3n) is 5.13. The van der Waals surface area contributed by atoms with Crippen LogP contribution in [0.25, 0.3) is 0 Å². The summed E-state index contributed by atoms with van der Waals surface area (Å²) in [6.07, 6.45) is 0.872. The van der Waals surface area contributed by atoms with Crippen LogP contribution in [0.2, 0.25) is 0 Å². The van der Waals surface area contributed by atoms with E-state index in [9.17, 15) is 4.79 Å². The van der Waals surface area contributed by atoms with E-state index in [0.29, 0.717) is 5.91 Å². The summed E-state index contributed by atoms with van der Waals surface area (Å²) in [7, 11) is 0. The molecular weight excluding hydrogens is 328 g/mol. The minimum Gasteiger partial charge on any atom is -0.368 e. The number of fused-ring (bicyclic) bond motifs is 1. The average Bonchev–Trinajstić information content (AvgIpc) is 3.04. The van der Waals surface area contributed by atoms with Crippen molar-refractivity contribution in [3.8, 4) is 0 Å². The van der Waals surface area contributed by atoms with Crippen LogP contribution in [0.4, 0.5) is 5.69 Å². The van der Waals surface area contributed by atoms with Gasteiger partial charge in [0.05, 0.1) is 5.25 Å². The lowest BCUT2D eigenvalue weighted by atomic mass is 10.1. The molecule has 0 unspecified atom stereocenters. The van der Waals surface area contributed by atoms with E-state index in [1.54, 1.807) is 11.8 Å². The number of benzene rings is 2. The van der Waals surface area contributed by atoms with Gasteiger partial charge in [-0.3, -0.25) is 4.79 Å². The Labute approximate surface area is 154 Å². The summed E-state index contributed by atoms with van der Waals surface area (Å²) >= 11 is 1.75. The number of hydrogen-bond donors (Lipinski definition) is 0. The van der Waals surface area contributed by atoms with Gasteiger partial charge in [0.15, 0.2) is 0 Å². The van der Waals surface area contributed by atoms with Gasteiger partial charge in [0.25, 0.3) is 0 Å². The number of anilines is 1. The van der Waals surface area contributed by atoms with Crippen molar-refractivity contribution in [2.24, 2.45) is 0 Å². The number of carbonyl (C=O) groups excluding carboxylic acids is 1. The first-order valence-corrected chi connectivity index (χ1v) is 9.85. The van der Waals surface area contributed by atoms with Gasteiger partial charge >= 0.3 is 0 Å². The molecule has 2 aliphatic heterocycles. The Morgan fingerprint density at radius 1 is 1.00 bits per heavy atom. The first-order chi connectivity index (χ1) is 12.1. The molecular formula is C21H24N2OS. The van der Waals surface area contributed by atoms with Crippen LogP contribution in [0, 0.1) is 13.8 Å². The van der Waals surface area contributed by atoms with Gasteiger partial charge in [-0.05, 0) is 49.6 Å². The molecule has 1 amide bonds. The van der Waals surface area contributed by atoms with Gasteiger partial charge in [-0.1, -0.05) is 29.8 Å². The van der Waals surface area contributed by atoms with Gasteiger partial charge in [-0.2, -0.15) is 0 Å². The van der Waals surface area contributed by atoms with Crippen LogP contribution in [0.1, 0.15) is 16.7 Å². The van der Waals surface area contributed by atoms with Crippen LogP contribution in [0.5, 0.6) is 0 Å². The highest BCUT2D eigenvalue weighted by Gasteiger charge is 2.33. The van der Waals surface area contributed by atoms with E-state index >= 15 is 0 Å². The largest absolute Gasteiger partial charge is 0.368 e. The molecule has 25 heavy (non-hydrogen) atoms. The first-order valence-electron chi connectivity index (χ1n) is 8.97. The molecule has 0 aromatic heterocycles. The molecule has 2 aliphatic rings. The molecule has 0 radical (unpaired) electrons. The molecule has 0 saturated carbocycles. The van der Waals surface area contributed by atoms with E-state index < -0.39 is 0 Å². The van der Waals surface area contributed by atoms with E-state index in [4.69, 9.17) is 0 Å². The monoisotopic (exact) mass is 352 g/mol. The number of amides is 1. The molecule has 1 fully saturated rings. The molecule has 1 saturated heterocycles. The fourth-order valence-corrected chi connectivity index (χ4v) is 5.06. The van der Waals surface area contributed by atoms with Crippen LogP contribution < -0.4 is 4.90 Å². The Morgan fingerprint density at radius 3 is 2.52 bits per heavy atom. The topological polar surface area (TPSA) is 23.6 Å². The summed E-state index contributed by atoms with van der Waals surface area (Å²) in [5, 5.41) is 0.0577. The summed E-state index contributed by atoms with van der Waals surface area (Å²) in [4.78, 5) is 18.7. The van der Waals surface area contributed by atoms with Crippen molar-refractivity contribution in [1.82, 2.24) is 4.90 Å². The van der Waals surface area contributed by atoms with E-state index in [-0.39, 0.29) is 5.25 Å². The number of carbonyl (C=O) groups is 1. The lowest BCUT2D eigenvalue weighted by Crippen LogP contribution is -2.51. The molecule has 2 aromatic rings. The molecule has 0 spiro atoms. The van der Waals surface area contributed by atoms with Crippen LogP contribution in [0.15, 0.2) is 47.4 Å². The van der Waals surface area contributed by atoms with Gasteiger partial charge < -0.3 is 9.80 Å². The molecule has 2 aromatic carbocycles. The van der Waals surface area contributed by atoms with E-state index in [0.717, 1.165) is 32.6 Å². The fraction of sp³-hybridized carbons (Fsp3) is 0.381. The number of nitrogens with zero attached hydrogens (tertiary/aromatic N) is 2. The zero-order valence-corrected chi connectivity index (χ0v) is 15.7. The van der Waals surface area contributed by atoms with Gasteiger partial charge in [0.1, 0.15) is 0 Å². The second-order valence-corrected chi connectivity index (χ2v) is 8.32. The highest BCUT2D eigenvalue weighted by molar-refractivity contribution is 8.01. The zero-order valence-electron chi connectivity index (χ0n) is 14.9. The number of piperazine rings is 1. The van der Waals surface area contributed by atoms with E-state index in [1.165, 1.54) is 27.3 Å². The summed E-state index contributed by atoms with van der Waals surface area (Å²) in [6, 6.07) is 15.2. The Hall–Kier alpha value is -1.94. The maximum absolute atomic E-state index is 12.9. The smallest absolute Gasteiger partial charge is 0.236 e. The molecule has 0 N–H and O–H groups in total. The van der Waals surface area contributed by atoms with E-state index in [2.05, 4.69) is 66.1 Å². The Morgan fingerprint density at radius 2 is 1.76 bits per heavy atom. The van der Waals surface area contributed by atoms with Gasteiger partial charge in [-0.25, -0.2) is 0 Å². The number of rotatable bonds is 2. The van der Waals surface area contributed by atoms with Crippen LogP contribution in [0.3, 0.4) is 0 Å². The Kier molecular flexibility index (Phi) is 4.46. The third-order valence-corrected chi connectivity index (χ3v) is 6.42. The predicted octanol–water partition coefficient (Wildman–Crippen LogP) is 3.67. The fourth-order valence-electron chi connectivity index (χ4n) is 3.69. The summed E-state index contributed by atoms with van der Waals surface area (Å²) < 4.78 is 0. The van der Waals surface area contributed by atoms with Crippen LogP contribution >= 0.6 is 11.8 Å². The summed E-state index contributed by atoms with van der Waals surface area (Å²) in [5.74, 6) is 0.308. The van der Waals surface area contributed by atoms with Crippen molar-refractivity contribution in [2.45, 2.75) is 30.4 Å². The Bertz CT molecular complexity index is 796. The summed E-state index contributed by atoms with van der Waals surface area (Å²) in [6.45, 7) is 7.70. The van der Waals surface area contributed by atoms with Crippen LogP contribution in [-0.2, 0) is 11.2 Å². The molecule has 2 heterocycles. The number of aryl methyl sites for hydroxylation is 2. The second kappa shape index (κ2) is 6.75. The zero-order chi connectivity index (χ0) is 17.4. The number of thioether (sulfide) groups is 1. The molecule has 4 rings (SSSR count). The Balaban J connectivity index is 1.37. The molecule has 1 atom stereocenters. The van der Waals surface area contributed by atoms with E-state index in [1.807, 2.05) is 0 Å². The lowest BCUT2D eigenvalue weighted by molar-refractivity contribution is -0.130. The highest BCUT2D eigenvalue weighted by atomic mass is 32.2. The van der Waals surface area contributed by atoms with Crippen molar-refractivity contribution >= 4 is 23.4 Å². The van der Waals surface area contributed by atoms with Crippen molar-refractivity contribution in [1.29, 1.82) is 0 Å². The molecule has 0 bridgehead atoms. The molecule has 130 valence electrons. The van der Waals surface area contributed by atoms with Crippen LogP contribution in [-0.4, -0.2) is 42.2 Å². The first kappa shape index (κ1) is 16.5.